The second-order valence-electron chi connectivity index (χ2n) is 5.35. The van der Waals surface area contributed by atoms with Crippen molar-refractivity contribution in [3.63, 3.8) is 0 Å². The summed E-state index contributed by atoms with van der Waals surface area (Å²) in [4.78, 5) is 11.9. The first-order valence-corrected chi connectivity index (χ1v) is 9.63. The van der Waals surface area contributed by atoms with Crippen LogP contribution in [0.5, 0.6) is 0 Å². The lowest BCUT2D eigenvalue weighted by Gasteiger charge is -2.31. The minimum atomic E-state index is -3.62. The van der Waals surface area contributed by atoms with Crippen molar-refractivity contribution in [3.8, 4) is 0 Å². The van der Waals surface area contributed by atoms with Gasteiger partial charge in [-0.3, -0.25) is 0 Å². The molecule has 0 bridgehead atoms. The minimum Gasteiger partial charge on any atom is -0.465 e. The lowest BCUT2D eigenvalue weighted by Crippen LogP contribution is -2.39. The van der Waals surface area contributed by atoms with E-state index in [0.717, 1.165) is 37.1 Å². The molecule has 0 amide bonds. The molecular weight excluding hydrogens is 324 g/mol. The summed E-state index contributed by atoms with van der Waals surface area (Å²) in [6, 6.07) is 1.49. The molecule has 0 aliphatic carbocycles. The van der Waals surface area contributed by atoms with E-state index < -0.39 is 16.0 Å². The summed E-state index contributed by atoms with van der Waals surface area (Å²) in [6.07, 6.45) is 2.79. The molecule has 6 nitrogen and oxygen atoms in total. The number of ether oxygens (including phenoxy) is 1. The van der Waals surface area contributed by atoms with Crippen LogP contribution in [0.25, 0.3) is 0 Å². The van der Waals surface area contributed by atoms with E-state index in [1.165, 1.54) is 17.5 Å². The van der Waals surface area contributed by atoms with Crippen LogP contribution in [0.1, 0.15) is 28.9 Å². The Morgan fingerprint density at radius 2 is 2.14 bits per heavy atom. The van der Waals surface area contributed by atoms with Crippen molar-refractivity contribution >= 4 is 27.3 Å². The van der Waals surface area contributed by atoms with E-state index in [2.05, 4.69) is 10.1 Å². The van der Waals surface area contributed by atoms with Gasteiger partial charge in [-0.2, -0.15) is 4.31 Å². The molecule has 2 heterocycles. The maximum absolute atomic E-state index is 12.7. The topological polar surface area (TPSA) is 75.7 Å². The molecule has 1 aromatic heterocycles. The van der Waals surface area contributed by atoms with Gasteiger partial charge in [0.05, 0.1) is 7.11 Å². The SMILES string of the molecule is CNCCC1CCN(S(=O)(=O)c2ccsc2C(=O)OC)CC1. The molecule has 0 unspecified atom stereocenters. The molecule has 22 heavy (non-hydrogen) atoms. The van der Waals surface area contributed by atoms with Crippen molar-refractivity contribution in [1.82, 2.24) is 9.62 Å². The van der Waals surface area contributed by atoms with Gasteiger partial charge in [0.1, 0.15) is 9.77 Å². The fourth-order valence-electron chi connectivity index (χ4n) is 2.67. The number of rotatable bonds is 6. The Morgan fingerprint density at radius 3 is 2.73 bits per heavy atom. The fraction of sp³-hybridized carbons (Fsp3) is 0.643. The van der Waals surface area contributed by atoms with Crippen molar-refractivity contribution in [1.29, 1.82) is 0 Å². The van der Waals surface area contributed by atoms with Gasteiger partial charge in [0.15, 0.2) is 0 Å². The quantitative estimate of drug-likeness (QED) is 0.791. The number of piperidine rings is 1. The number of hydrogen-bond acceptors (Lipinski definition) is 6. The molecule has 0 spiro atoms. The van der Waals surface area contributed by atoms with Gasteiger partial charge in [-0.05, 0) is 50.2 Å². The number of thiophene rings is 1. The monoisotopic (exact) mass is 346 g/mol. The molecule has 1 aliphatic heterocycles. The molecule has 0 radical (unpaired) electrons. The van der Waals surface area contributed by atoms with Gasteiger partial charge in [0.2, 0.25) is 10.0 Å². The highest BCUT2D eigenvalue weighted by atomic mass is 32.2. The van der Waals surface area contributed by atoms with E-state index in [9.17, 15) is 13.2 Å². The maximum Gasteiger partial charge on any atom is 0.349 e. The summed E-state index contributed by atoms with van der Waals surface area (Å²) in [5.74, 6) is -0.0427. The summed E-state index contributed by atoms with van der Waals surface area (Å²) in [7, 11) is -0.444. The first-order chi connectivity index (χ1) is 10.5. The molecule has 1 N–H and O–H groups in total. The number of methoxy groups -OCH3 is 1. The van der Waals surface area contributed by atoms with Crippen molar-refractivity contribution in [3.05, 3.63) is 16.3 Å². The predicted molar refractivity (Wildman–Crippen MR) is 85.7 cm³/mol. The van der Waals surface area contributed by atoms with E-state index in [4.69, 9.17) is 0 Å². The van der Waals surface area contributed by atoms with Crippen molar-refractivity contribution < 1.29 is 17.9 Å². The van der Waals surface area contributed by atoms with Gasteiger partial charge < -0.3 is 10.1 Å². The van der Waals surface area contributed by atoms with E-state index in [0.29, 0.717) is 19.0 Å². The molecular formula is C14H22N2O4S2. The van der Waals surface area contributed by atoms with E-state index in [-0.39, 0.29) is 9.77 Å². The smallest absolute Gasteiger partial charge is 0.349 e. The lowest BCUT2D eigenvalue weighted by molar-refractivity contribution is 0.0602. The van der Waals surface area contributed by atoms with Gasteiger partial charge >= 0.3 is 5.97 Å². The molecule has 1 aromatic rings. The Kier molecular flexibility index (Phi) is 5.96. The van der Waals surface area contributed by atoms with Crippen LogP contribution in [-0.4, -0.2) is 52.5 Å². The molecule has 1 saturated heterocycles. The molecule has 0 aromatic carbocycles. The molecule has 1 aliphatic rings. The maximum atomic E-state index is 12.7. The molecule has 1 fully saturated rings. The van der Waals surface area contributed by atoms with Crippen LogP contribution in [0, 0.1) is 5.92 Å². The van der Waals surface area contributed by atoms with Crippen LogP contribution in [0.4, 0.5) is 0 Å². The Balaban J connectivity index is 2.09. The average molecular weight is 346 g/mol. The van der Waals surface area contributed by atoms with E-state index >= 15 is 0 Å². The van der Waals surface area contributed by atoms with Crippen LogP contribution in [0.3, 0.4) is 0 Å². The lowest BCUT2D eigenvalue weighted by atomic mass is 9.95. The number of nitrogens with zero attached hydrogens (tertiary/aromatic N) is 1. The van der Waals surface area contributed by atoms with Crippen molar-refractivity contribution in [2.45, 2.75) is 24.2 Å². The largest absolute Gasteiger partial charge is 0.465 e. The zero-order valence-electron chi connectivity index (χ0n) is 12.9. The highest BCUT2D eigenvalue weighted by Crippen LogP contribution is 2.29. The van der Waals surface area contributed by atoms with Crippen molar-refractivity contribution in [2.75, 3.05) is 33.8 Å². The summed E-state index contributed by atoms with van der Waals surface area (Å²) >= 11 is 1.10. The van der Waals surface area contributed by atoms with Crippen molar-refractivity contribution in [2.24, 2.45) is 5.92 Å². The van der Waals surface area contributed by atoms with Gasteiger partial charge in [-0.25, -0.2) is 13.2 Å². The molecule has 0 atom stereocenters. The third kappa shape index (κ3) is 3.68. The summed E-state index contributed by atoms with van der Waals surface area (Å²) in [6.45, 7) is 1.97. The van der Waals surface area contributed by atoms with Crippen LogP contribution in [0.15, 0.2) is 16.3 Å². The highest BCUT2D eigenvalue weighted by molar-refractivity contribution is 7.89. The molecule has 8 heteroatoms. The predicted octanol–water partition coefficient (Wildman–Crippen LogP) is 1.54. The second kappa shape index (κ2) is 7.54. The number of carbonyl (C=O) groups excluding carboxylic acids is 1. The normalized spacial score (nSPS) is 17.5. The third-order valence-electron chi connectivity index (χ3n) is 3.99. The molecule has 2 rings (SSSR count). The Morgan fingerprint density at radius 1 is 1.45 bits per heavy atom. The summed E-state index contributed by atoms with van der Waals surface area (Å²) in [5.41, 5.74) is 0. The van der Waals surface area contributed by atoms with Crippen LogP contribution >= 0.6 is 11.3 Å². The number of nitrogens with one attached hydrogen (secondary N) is 1. The first-order valence-electron chi connectivity index (χ1n) is 7.31. The van der Waals surface area contributed by atoms with Crippen LogP contribution in [-0.2, 0) is 14.8 Å². The number of hydrogen-bond donors (Lipinski definition) is 1. The van der Waals surface area contributed by atoms with E-state index in [1.54, 1.807) is 5.38 Å². The number of sulfonamides is 1. The van der Waals surface area contributed by atoms with Crippen LogP contribution in [0.2, 0.25) is 0 Å². The second-order valence-corrected chi connectivity index (χ2v) is 8.17. The molecule has 124 valence electrons. The Hall–Kier alpha value is -0.960. The Bertz CT molecular complexity index is 604. The standard InChI is InChI=1S/C14H22N2O4S2/c1-15-7-3-11-4-8-16(9-5-11)22(18,19)12-6-10-21-13(12)14(17)20-2/h6,10-11,15H,3-5,7-9H2,1-2H3. The summed E-state index contributed by atoms with van der Waals surface area (Å²) < 4.78 is 31.6. The zero-order valence-corrected chi connectivity index (χ0v) is 14.5. The molecule has 0 saturated carbocycles. The van der Waals surface area contributed by atoms with Gasteiger partial charge in [0, 0.05) is 13.1 Å². The first kappa shape index (κ1) is 17.4. The average Bonchev–Trinajstić information content (AvgIpc) is 3.03. The summed E-state index contributed by atoms with van der Waals surface area (Å²) in [5, 5.41) is 4.73. The Labute approximate surface area is 135 Å². The van der Waals surface area contributed by atoms with Gasteiger partial charge in [0.25, 0.3) is 0 Å². The highest BCUT2D eigenvalue weighted by Gasteiger charge is 2.33. The third-order valence-corrected chi connectivity index (χ3v) is 6.96. The van der Waals surface area contributed by atoms with Gasteiger partial charge in [-0.15, -0.1) is 11.3 Å². The zero-order chi connectivity index (χ0) is 16.2. The number of esters is 1. The van der Waals surface area contributed by atoms with Gasteiger partial charge in [-0.1, -0.05) is 0 Å². The van der Waals surface area contributed by atoms with Crippen LogP contribution < -0.4 is 5.32 Å². The fourth-order valence-corrected chi connectivity index (χ4v) is 5.45. The minimum absolute atomic E-state index is 0.0676. The van der Waals surface area contributed by atoms with E-state index in [1.807, 2.05) is 7.05 Å². The number of carbonyl (C=O) groups is 1.